The van der Waals surface area contributed by atoms with Gasteiger partial charge >= 0.3 is 6.03 Å². The Hall–Kier alpha value is -2.71. The molecule has 2 N–H and O–H groups in total. The molecule has 0 saturated heterocycles. The van der Waals surface area contributed by atoms with Gasteiger partial charge < -0.3 is 15.4 Å². The first-order valence-electron chi connectivity index (χ1n) is 6.61. The van der Waals surface area contributed by atoms with Crippen LogP contribution in [0.2, 0.25) is 5.02 Å². The third-order valence-corrected chi connectivity index (χ3v) is 2.94. The van der Waals surface area contributed by atoms with Crippen molar-refractivity contribution in [1.29, 1.82) is 5.26 Å². The Morgan fingerprint density at radius 3 is 2.82 bits per heavy atom. The highest BCUT2D eigenvalue weighted by molar-refractivity contribution is 6.30. The van der Waals surface area contributed by atoms with Gasteiger partial charge in [0.05, 0.1) is 18.2 Å². The number of benzene rings is 2. The molecule has 0 fully saturated rings. The van der Waals surface area contributed by atoms with Gasteiger partial charge in [-0.15, -0.1) is 0 Å². The summed E-state index contributed by atoms with van der Waals surface area (Å²) in [5.74, 6) is 0.649. The third-order valence-electron chi connectivity index (χ3n) is 2.70. The lowest BCUT2D eigenvalue weighted by atomic mass is 10.2. The van der Waals surface area contributed by atoms with Gasteiger partial charge in [0.25, 0.3) is 0 Å². The molecule has 2 rings (SSSR count). The minimum Gasteiger partial charge on any atom is -0.492 e. The van der Waals surface area contributed by atoms with E-state index in [1.54, 1.807) is 48.5 Å². The van der Waals surface area contributed by atoms with Crippen molar-refractivity contribution in [2.45, 2.75) is 0 Å². The first-order chi connectivity index (χ1) is 10.7. The molecule has 0 aliphatic rings. The summed E-state index contributed by atoms with van der Waals surface area (Å²) in [6, 6.07) is 15.4. The zero-order chi connectivity index (χ0) is 15.8. The SMILES string of the molecule is N#Cc1cccc(NC(=O)NCCOc2cccc(Cl)c2)c1. The smallest absolute Gasteiger partial charge is 0.319 e. The topological polar surface area (TPSA) is 74.2 Å². The Kier molecular flexibility index (Phi) is 5.64. The highest BCUT2D eigenvalue weighted by Gasteiger charge is 2.02. The normalized spacial score (nSPS) is 9.64. The van der Waals surface area contributed by atoms with Crippen LogP contribution in [0, 0.1) is 11.3 Å². The van der Waals surface area contributed by atoms with Crippen LogP contribution in [-0.2, 0) is 0 Å². The van der Waals surface area contributed by atoms with Crippen LogP contribution in [0.5, 0.6) is 5.75 Å². The Bertz CT molecular complexity index is 698. The van der Waals surface area contributed by atoms with E-state index < -0.39 is 0 Å². The summed E-state index contributed by atoms with van der Waals surface area (Å²) in [6.45, 7) is 0.669. The molecule has 6 heteroatoms. The minimum absolute atomic E-state index is 0.325. The largest absolute Gasteiger partial charge is 0.492 e. The highest BCUT2D eigenvalue weighted by Crippen LogP contribution is 2.16. The number of nitrogens with zero attached hydrogens (tertiary/aromatic N) is 1. The third kappa shape index (κ3) is 5.00. The molecule has 0 saturated carbocycles. The van der Waals surface area contributed by atoms with E-state index in [0.717, 1.165) is 0 Å². The molecule has 0 aromatic heterocycles. The maximum atomic E-state index is 11.7. The van der Waals surface area contributed by atoms with Crippen LogP contribution < -0.4 is 15.4 Å². The molecule has 0 spiro atoms. The second-order valence-electron chi connectivity index (χ2n) is 4.38. The zero-order valence-corrected chi connectivity index (χ0v) is 12.4. The Morgan fingerprint density at radius 1 is 1.23 bits per heavy atom. The molecule has 0 heterocycles. The number of carbonyl (C=O) groups is 1. The monoisotopic (exact) mass is 315 g/mol. The molecular weight excluding hydrogens is 302 g/mol. The number of nitrogens with one attached hydrogen (secondary N) is 2. The van der Waals surface area contributed by atoms with Crippen LogP contribution in [0.3, 0.4) is 0 Å². The van der Waals surface area contributed by atoms with Crippen molar-refractivity contribution in [3.05, 3.63) is 59.1 Å². The Morgan fingerprint density at radius 2 is 2.05 bits per heavy atom. The van der Waals surface area contributed by atoms with Crippen LogP contribution in [0.15, 0.2) is 48.5 Å². The van der Waals surface area contributed by atoms with Crippen LogP contribution >= 0.6 is 11.6 Å². The van der Waals surface area contributed by atoms with Crippen LogP contribution in [0.4, 0.5) is 10.5 Å². The fourth-order valence-electron chi connectivity index (χ4n) is 1.73. The van der Waals surface area contributed by atoms with Crippen LogP contribution in [0.1, 0.15) is 5.56 Å². The molecule has 0 unspecified atom stereocenters. The number of halogens is 1. The van der Waals surface area contributed by atoms with Gasteiger partial charge in [-0.25, -0.2) is 4.79 Å². The van der Waals surface area contributed by atoms with E-state index in [-0.39, 0.29) is 6.03 Å². The van der Waals surface area contributed by atoms with Gasteiger partial charge in [0, 0.05) is 10.7 Å². The number of carbonyl (C=O) groups excluding carboxylic acids is 1. The van der Waals surface area contributed by atoms with Gasteiger partial charge in [-0.1, -0.05) is 23.7 Å². The number of hydrogen-bond acceptors (Lipinski definition) is 3. The summed E-state index contributed by atoms with van der Waals surface area (Å²) >= 11 is 5.84. The Balaban J connectivity index is 1.73. The van der Waals surface area contributed by atoms with E-state index in [1.807, 2.05) is 6.07 Å². The first kappa shape index (κ1) is 15.7. The van der Waals surface area contributed by atoms with Crippen LogP contribution in [0.25, 0.3) is 0 Å². The lowest BCUT2D eigenvalue weighted by Gasteiger charge is -2.09. The molecule has 22 heavy (non-hydrogen) atoms. The fourth-order valence-corrected chi connectivity index (χ4v) is 1.91. The number of anilines is 1. The average molecular weight is 316 g/mol. The average Bonchev–Trinajstić information content (AvgIpc) is 2.52. The van der Waals surface area contributed by atoms with Gasteiger partial charge in [-0.05, 0) is 36.4 Å². The number of amides is 2. The Labute approximate surface area is 133 Å². The van der Waals surface area contributed by atoms with E-state index in [2.05, 4.69) is 10.6 Å². The van der Waals surface area contributed by atoms with Gasteiger partial charge in [0.15, 0.2) is 0 Å². The first-order valence-corrected chi connectivity index (χ1v) is 6.98. The molecule has 5 nitrogen and oxygen atoms in total. The van der Waals surface area contributed by atoms with E-state index in [0.29, 0.717) is 35.2 Å². The molecule has 2 amide bonds. The zero-order valence-electron chi connectivity index (χ0n) is 11.7. The standard InChI is InChI=1S/C16H14ClN3O2/c17-13-4-2-6-15(10-13)22-8-7-19-16(21)20-14-5-1-3-12(9-14)11-18/h1-6,9-10H,7-8H2,(H2,19,20,21). The van der Waals surface area contributed by atoms with E-state index >= 15 is 0 Å². The molecular formula is C16H14ClN3O2. The number of urea groups is 1. The van der Waals surface area contributed by atoms with E-state index in [4.69, 9.17) is 21.6 Å². The quantitative estimate of drug-likeness (QED) is 0.830. The summed E-state index contributed by atoms with van der Waals surface area (Å²) < 4.78 is 5.45. The van der Waals surface area contributed by atoms with Crippen molar-refractivity contribution < 1.29 is 9.53 Å². The van der Waals surface area contributed by atoms with Crippen molar-refractivity contribution in [3.63, 3.8) is 0 Å². The summed E-state index contributed by atoms with van der Waals surface area (Å²) in [5, 5.41) is 14.7. The number of rotatable bonds is 5. The highest BCUT2D eigenvalue weighted by atomic mass is 35.5. The van der Waals surface area contributed by atoms with Crippen molar-refractivity contribution in [2.75, 3.05) is 18.5 Å². The predicted molar refractivity (Wildman–Crippen MR) is 85.1 cm³/mol. The fraction of sp³-hybridized carbons (Fsp3) is 0.125. The summed E-state index contributed by atoms with van der Waals surface area (Å²) in [6.07, 6.45) is 0. The second-order valence-corrected chi connectivity index (χ2v) is 4.82. The lowest BCUT2D eigenvalue weighted by molar-refractivity contribution is 0.247. The summed E-state index contributed by atoms with van der Waals surface area (Å²) in [5.41, 5.74) is 1.05. The number of ether oxygens (including phenoxy) is 1. The van der Waals surface area contributed by atoms with Gasteiger partial charge in [0.2, 0.25) is 0 Å². The van der Waals surface area contributed by atoms with Crippen molar-refractivity contribution >= 4 is 23.3 Å². The van der Waals surface area contributed by atoms with Crippen molar-refractivity contribution in [2.24, 2.45) is 0 Å². The van der Waals surface area contributed by atoms with Gasteiger partial charge in [0.1, 0.15) is 12.4 Å². The maximum absolute atomic E-state index is 11.7. The van der Waals surface area contributed by atoms with E-state index in [1.165, 1.54) is 0 Å². The molecule has 112 valence electrons. The summed E-state index contributed by atoms with van der Waals surface area (Å²) in [7, 11) is 0. The van der Waals surface area contributed by atoms with Gasteiger partial charge in [-0.3, -0.25) is 0 Å². The number of nitriles is 1. The molecule has 0 aliphatic carbocycles. The second kappa shape index (κ2) is 7.91. The minimum atomic E-state index is -0.357. The maximum Gasteiger partial charge on any atom is 0.319 e. The molecule has 0 atom stereocenters. The molecule has 0 radical (unpaired) electrons. The van der Waals surface area contributed by atoms with Crippen molar-refractivity contribution in [3.8, 4) is 11.8 Å². The van der Waals surface area contributed by atoms with Crippen molar-refractivity contribution in [1.82, 2.24) is 5.32 Å². The van der Waals surface area contributed by atoms with Gasteiger partial charge in [-0.2, -0.15) is 5.26 Å². The summed E-state index contributed by atoms with van der Waals surface area (Å²) in [4.78, 5) is 11.7. The predicted octanol–water partition coefficient (Wildman–Crippen LogP) is 3.41. The lowest BCUT2D eigenvalue weighted by Crippen LogP contribution is -2.32. The molecule has 2 aromatic carbocycles. The molecule has 0 aliphatic heterocycles. The molecule has 2 aromatic rings. The molecule has 0 bridgehead atoms. The van der Waals surface area contributed by atoms with E-state index in [9.17, 15) is 4.79 Å². The van der Waals surface area contributed by atoms with Crippen LogP contribution in [-0.4, -0.2) is 19.2 Å². The number of hydrogen-bond donors (Lipinski definition) is 2.